The molecule has 0 aromatic carbocycles. The van der Waals surface area contributed by atoms with Gasteiger partial charge in [-0.15, -0.1) is 0 Å². The SMILES string of the molecule is O=C(/C=C/c1ccco1)N1CCC(N2C(=O)COC2=O)CC1. The molecule has 3 heterocycles. The molecule has 3 amide bonds. The first-order valence-corrected chi connectivity index (χ1v) is 7.14. The van der Waals surface area contributed by atoms with Gasteiger partial charge in [-0.1, -0.05) is 0 Å². The molecule has 0 saturated carbocycles. The Morgan fingerprint density at radius 2 is 2.05 bits per heavy atom. The largest absolute Gasteiger partial charge is 0.465 e. The Balaban J connectivity index is 1.54. The van der Waals surface area contributed by atoms with Crippen LogP contribution in [0.15, 0.2) is 28.9 Å². The fraction of sp³-hybridized carbons (Fsp3) is 0.400. The number of hydrogen-bond acceptors (Lipinski definition) is 5. The van der Waals surface area contributed by atoms with Crippen LogP contribution in [0.4, 0.5) is 4.79 Å². The Bertz CT molecular complexity index is 583. The minimum Gasteiger partial charge on any atom is -0.465 e. The van der Waals surface area contributed by atoms with Crippen molar-refractivity contribution >= 4 is 24.0 Å². The maximum absolute atomic E-state index is 12.1. The number of likely N-dealkylation sites (tertiary alicyclic amines) is 1. The van der Waals surface area contributed by atoms with Gasteiger partial charge >= 0.3 is 6.09 Å². The summed E-state index contributed by atoms with van der Waals surface area (Å²) < 4.78 is 9.85. The van der Waals surface area contributed by atoms with Crippen molar-refractivity contribution in [2.75, 3.05) is 19.7 Å². The van der Waals surface area contributed by atoms with Crippen molar-refractivity contribution in [3.63, 3.8) is 0 Å². The predicted molar refractivity (Wildman–Crippen MR) is 75.5 cm³/mol. The Morgan fingerprint density at radius 3 is 2.64 bits per heavy atom. The molecule has 2 aliphatic heterocycles. The van der Waals surface area contributed by atoms with Gasteiger partial charge in [-0.05, 0) is 31.1 Å². The molecule has 2 aliphatic rings. The lowest BCUT2D eigenvalue weighted by Crippen LogP contribution is -2.48. The molecule has 0 bridgehead atoms. The summed E-state index contributed by atoms with van der Waals surface area (Å²) in [6.07, 6.45) is 5.20. The molecule has 2 saturated heterocycles. The maximum Gasteiger partial charge on any atom is 0.417 e. The number of nitrogens with zero attached hydrogens (tertiary/aromatic N) is 2. The molecule has 2 fully saturated rings. The third kappa shape index (κ3) is 2.88. The van der Waals surface area contributed by atoms with Crippen LogP contribution >= 0.6 is 0 Å². The number of hydrogen-bond donors (Lipinski definition) is 0. The van der Waals surface area contributed by atoms with Crippen LogP contribution in [-0.4, -0.2) is 53.4 Å². The number of carbonyl (C=O) groups excluding carboxylic acids is 3. The second kappa shape index (κ2) is 6.05. The summed E-state index contributed by atoms with van der Waals surface area (Å²) >= 11 is 0. The van der Waals surface area contributed by atoms with Gasteiger partial charge in [0.25, 0.3) is 5.91 Å². The van der Waals surface area contributed by atoms with E-state index in [4.69, 9.17) is 9.15 Å². The van der Waals surface area contributed by atoms with Crippen LogP contribution in [0.1, 0.15) is 18.6 Å². The highest BCUT2D eigenvalue weighted by molar-refractivity contribution is 5.98. The number of rotatable bonds is 3. The van der Waals surface area contributed by atoms with Gasteiger partial charge in [0, 0.05) is 25.2 Å². The quantitative estimate of drug-likeness (QED) is 0.785. The lowest BCUT2D eigenvalue weighted by atomic mass is 10.0. The molecular formula is C15H16N2O5. The van der Waals surface area contributed by atoms with E-state index in [1.165, 1.54) is 11.0 Å². The molecule has 0 aliphatic carbocycles. The lowest BCUT2D eigenvalue weighted by Gasteiger charge is -2.34. The number of furan rings is 1. The first-order chi connectivity index (χ1) is 10.6. The van der Waals surface area contributed by atoms with Crippen molar-refractivity contribution in [1.29, 1.82) is 0 Å². The number of imide groups is 1. The van der Waals surface area contributed by atoms with Crippen molar-refractivity contribution in [3.8, 4) is 0 Å². The zero-order chi connectivity index (χ0) is 15.5. The fourth-order valence-electron chi connectivity index (χ4n) is 2.71. The van der Waals surface area contributed by atoms with E-state index in [0.717, 1.165) is 0 Å². The van der Waals surface area contributed by atoms with Crippen molar-refractivity contribution < 1.29 is 23.5 Å². The molecule has 1 aromatic heterocycles. The molecule has 7 nitrogen and oxygen atoms in total. The van der Waals surface area contributed by atoms with Crippen molar-refractivity contribution in [2.24, 2.45) is 0 Å². The van der Waals surface area contributed by atoms with E-state index >= 15 is 0 Å². The van der Waals surface area contributed by atoms with Gasteiger partial charge in [0.2, 0.25) is 5.91 Å². The molecule has 0 N–H and O–H groups in total. The molecule has 1 aromatic rings. The van der Waals surface area contributed by atoms with Gasteiger partial charge in [0.15, 0.2) is 6.61 Å². The zero-order valence-electron chi connectivity index (χ0n) is 11.9. The molecular weight excluding hydrogens is 288 g/mol. The fourth-order valence-corrected chi connectivity index (χ4v) is 2.71. The second-order valence-corrected chi connectivity index (χ2v) is 5.22. The summed E-state index contributed by atoms with van der Waals surface area (Å²) in [5.74, 6) is 0.214. The Kier molecular flexibility index (Phi) is 3.95. The molecule has 22 heavy (non-hydrogen) atoms. The van der Waals surface area contributed by atoms with Crippen LogP contribution in [0, 0.1) is 0 Å². The Labute approximate surface area is 127 Å². The third-order valence-corrected chi connectivity index (χ3v) is 3.86. The summed E-state index contributed by atoms with van der Waals surface area (Å²) in [5.41, 5.74) is 0. The average Bonchev–Trinajstić information content (AvgIpc) is 3.15. The van der Waals surface area contributed by atoms with E-state index in [1.807, 2.05) is 0 Å². The van der Waals surface area contributed by atoms with Gasteiger partial charge in [0.05, 0.1) is 6.26 Å². The van der Waals surface area contributed by atoms with E-state index in [2.05, 4.69) is 0 Å². The highest BCUT2D eigenvalue weighted by atomic mass is 16.6. The van der Waals surface area contributed by atoms with E-state index in [9.17, 15) is 14.4 Å². The predicted octanol–water partition coefficient (Wildman–Crippen LogP) is 1.26. The van der Waals surface area contributed by atoms with Crippen molar-refractivity contribution in [1.82, 2.24) is 9.80 Å². The molecule has 0 unspecified atom stereocenters. The van der Waals surface area contributed by atoms with Gasteiger partial charge in [-0.3, -0.25) is 9.59 Å². The molecule has 0 spiro atoms. The standard InChI is InChI=1S/C15H16N2O5/c18-13(4-3-12-2-1-9-21-12)16-7-5-11(6-8-16)17-14(19)10-22-15(17)20/h1-4,9,11H,5-8,10H2/b4-3+. The van der Waals surface area contributed by atoms with Gasteiger partial charge < -0.3 is 14.1 Å². The van der Waals surface area contributed by atoms with Crippen LogP contribution in [0.5, 0.6) is 0 Å². The highest BCUT2D eigenvalue weighted by Crippen LogP contribution is 2.21. The molecule has 0 atom stereocenters. The van der Waals surface area contributed by atoms with Crippen molar-refractivity contribution in [3.05, 3.63) is 30.2 Å². The maximum atomic E-state index is 12.1. The number of carbonyl (C=O) groups is 3. The normalized spacial score (nSPS) is 20.0. The van der Waals surface area contributed by atoms with Crippen LogP contribution < -0.4 is 0 Å². The van der Waals surface area contributed by atoms with Crippen LogP contribution in [0.25, 0.3) is 6.08 Å². The smallest absolute Gasteiger partial charge is 0.417 e. The van der Waals surface area contributed by atoms with Crippen LogP contribution in [0.3, 0.4) is 0 Å². The first kappa shape index (κ1) is 14.4. The van der Waals surface area contributed by atoms with Gasteiger partial charge in [-0.25, -0.2) is 9.69 Å². The Hall–Kier alpha value is -2.57. The van der Waals surface area contributed by atoms with Crippen LogP contribution in [0.2, 0.25) is 0 Å². The monoisotopic (exact) mass is 304 g/mol. The summed E-state index contributed by atoms with van der Waals surface area (Å²) in [6.45, 7) is 0.829. The third-order valence-electron chi connectivity index (χ3n) is 3.86. The molecule has 116 valence electrons. The highest BCUT2D eigenvalue weighted by Gasteiger charge is 2.38. The molecule has 7 heteroatoms. The van der Waals surface area contributed by atoms with E-state index in [0.29, 0.717) is 31.7 Å². The minimum absolute atomic E-state index is 0.106. The summed E-state index contributed by atoms with van der Waals surface area (Å²) in [7, 11) is 0. The number of amides is 3. The molecule has 3 rings (SSSR count). The van der Waals surface area contributed by atoms with E-state index in [-0.39, 0.29) is 24.5 Å². The topological polar surface area (TPSA) is 80.1 Å². The number of cyclic esters (lactones) is 1. The molecule has 0 radical (unpaired) electrons. The minimum atomic E-state index is -0.576. The summed E-state index contributed by atoms with van der Waals surface area (Å²) in [4.78, 5) is 38.1. The van der Waals surface area contributed by atoms with Crippen LogP contribution in [-0.2, 0) is 14.3 Å². The van der Waals surface area contributed by atoms with Gasteiger partial charge in [-0.2, -0.15) is 0 Å². The van der Waals surface area contributed by atoms with E-state index in [1.54, 1.807) is 29.4 Å². The zero-order valence-corrected chi connectivity index (χ0v) is 11.9. The van der Waals surface area contributed by atoms with Gasteiger partial charge in [0.1, 0.15) is 5.76 Å². The Morgan fingerprint density at radius 1 is 1.27 bits per heavy atom. The lowest BCUT2D eigenvalue weighted by molar-refractivity contribution is -0.129. The first-order valence-electron chi connectivity index (χ1n) is 7.14. The summed E-state index contributed by atoms with van der Waals surface area (Å²) in [5, 5.41) is 0. The summed E-state index contributed by atoms with van der Waals surface area (Å²) in [6, 6.07) is 3.34. The number of piperidine rings is 1. The van der Waals surface area contributed by atoms with Crippen molar-refractivity contribution in [2.45, 2.75) is 18.9 Å². The second-order valence-electron chi connectivity index (χ2n) is 5.22. The van der Waals surface area contributed by atoms with E-state index < -0.39 is 6.09 Å². The number of ether oxygens (including phenoxy) is 1. The average molecular weight is 304 g/mol.